The third-order valence-corrected chi connectivity index (χ3v) is 3.30. The number of ether oxygens (including phenoxy) is 2. The fraction of sp³-hybridized carbons (Fsp3) is 0.929. The average molecular weight is 274 g/mol. The van der Waals surface area contributed by atoms with Crippen LogP contribution in [0.3, 0.4) is 0 Å². The predicted molar refractivity (Wildman–Crippen MR) is 77.0 cm³/mol. The van der Waals surface area contributed by atoms with E-state index in [0.717, 1.165) is 6.42 Å². The Balaban J connectivity index is 4.05. The molecule has 5 nitrogen and oxygen atoms in total. The fourth-order valence-electron chi connectivity index (χ4n) is 1.70. The number of amides is 1. The van der Waals surface area contributed by atoms with Crippen LogP contribution in [0.2, 0.25) is 0 Å². The summed E-state index contributed by atoms with van der Waals surface area (Å²) in [5.74, 6) is -0.345. The molecule has 0 bridgehead atoms. The first-order chi connectivity index (χ1) is 8.63. The van der Waals surface area contributed by atoms with Crippen molar-refractivity contribution in [2.45, 2.75) is 64.6 Å². The maximum Gasteiger partial charge on any atom is 0.237 e. The van der Waals surface area contributed by atoms with Gasteiger partial charge < -0.3 is 20.5 Å². The summed E-state index contributed by atoms with van der Waals surface area (Å²) in [6.45, 7) is 10.9. The van der Waals surface area contributed by atoms with Gasteiger partial charge in [-0.2, -0.15) is 0 Å². The van der Waals surface area contributed by atoms with E-state index in [1.807, 2.05) is 34.6 Å². The van der Waals surface area contributed by atoms with E-state index in [2.05, 4.69) is 5.32 Å². The summed E-state index contributed by atoms with van der Waals surface area (Å²) in [6.07, 6.45) is 1.38. The Bertz CT molecular complexity index is 280. The Morgan fingerprint density at radius 1 is 1.21 bits per heavy atom. The number of carbonyl (C=O) groups excluding carboxylic acids is 1. The predicted octanol–water partition coefficient (Wildman–Crippen LogP) is 1.45. The number of nitrogens with one attached hydrogen (secondary N) is 1. The van der Waals surface area contributed by atoms with Gasteiger partial charge in [0.25, 0.3) is 0 Å². The van der Waals surface area contributed by atoms with Crippen LogP contribution >= 0.6 is 0 Å². The van der Waals surface area contributed by atoms with Crippen molar-refractivity contribution in [1.29, 1.82) is 0 Å². The summed E-state index contributed by atoms with van der Waals surface area (Å²) in [6, 6.07) is 0.199. The molecule has 0 radical (unpaired) electrons. The van der Waals surface area contributed by atoms with Crippen LogP contribution in [-0.4, -0.2) is 43.4 Å². The third-order valence-electron chi connectivity index (χ3n) is 3.30. The van der Waals surface area contributed by atoms with E-state index >= 15 is 0 Å². The van der Waals surface area contributed by atoms with Gasteiger partial charge in [-0.15, -0.1) is 0 Å². The number of hydrogen-bond donors (Lipinski definition) is 2. The van der Waals surface area contributed by atoms with Crippen LogP contribution in [0.1, 0.15) is 47.5 Å². The highest BCUT2D eigenvalue weighted by Crippen LogP contribution is 2.14. The van der Waals surface area contributed by atoms with Crippen LogP contribution in [0.25, 0.3) is 0 Å². The fourth-order valence-corrected chi connectivity index (χ4v) is 1.70. The molecule has 0 aliphatic rings. The second-order valence-electron chi connectivity index (χ2n) is 6.07. The zero-order chi connectivity index (χ0) is 15.1. The Labute approximate surface area is 117 Å². The molecule has 0 aromatic heterocycles. The number of rotatable bonds is 10. The van der Waals surface area contributed by atoms with E-state index in [9.17, 15) is 4.79 Å². The summed E-state index contributed by atoms with van der Waals surface area (Å²) < 4.78 is 10.9. The first-order valence-electron chi connectivity index (χ1n) is 6.83. The molecule has 0 heterocycles. The van der Waals surface area contributed by atoms with Gasteiger partial charge in [0.15, 0.2) is 0 Å². The quantitative estimate of drug-likeness (QED) is 0.591. The summed E-state index contributed by atoms with van der Waals surface area (Å²) in [7, 11) is 1.69. The molecule has 0 aromatic carbocycles. The lowest BCUT2D eigenvalue weighted by atomic mass is 9.96. The molecule has 114 valence electrons. The summed E-state index contributed by atoms with van der Waals surface area (Å²) in [5.41, 5.74) is 4.55. The minimum Gasteiger partial charge on any atom is -0.381 e. The van der Waals surface area contributed by atoms with Gasteiger partial charge in [-0.3, -0.25) is 4.79 Å². The number of primary amides is 1. The standard InChI is InChI=1S/C14H30N2O3/c1-11(2)16-14(5,12(15)17)8-10-19-9-7-13(3,4)18-6/h11,16H,7-10H2,1-6H3,(H2,15,17). The Hall–Kier alpha value is -0.650. The highest BCUT2D eigenvalue weighted by molar-refractivity contribution is 5.84. The molecule has 0 saturated heterocycles. The normalized spacial score (nSPS) is 15.5. The maximum absolute atomic E-state index is 11.5. The molecule has 0 fully saturated rings. The van der Waals surface area contributed by atoms with Gasteiger partial charge in [0.1, 0.15) is 0 Å². The van der Waals surface area contributed by atoms with Crippen molar-refractivity contribution in [2.75, 3.05) is 20.3 Å². The number of hydrogen-bond acceptors (Lipinski definition) is 4. The highest BCUT2D eigenvalue weighted by atomic mass is 16.5. The van der Waals surface area contributed by atoms with Gasteiger partial charge in [-0.25, -0.2) is 0 Å². The lowest BCUT2D eigenvalue weighted by Crippen LogP contribution is -2.56. The van der Waals surface area contributed by atoms with Gasteiger partial charge in [0, 0.05) is 26.4 Å². The van der Waals surface area contributed by atoms with Crippen LogP contribution in [-0.2, 0) is 14.3 Å². The van der Waals surface area contributed by atoms with Crippen LogP contribution in [0, 0.1) is 0 Å². The molecule has 19 heavy (non-hydrogen) atoms. The molecule has 0 aromatic rings. The molecular formula is C14H30N2O3. The third kappa shape index (κ3) is 7.50. The molecule has 0 aliphatic heterocycles. The molecule has 0 saturated carbocycles. The Kier molecular flexibility index (Phi) is 7.55. The lowest BCUT2D eigenvalue weighted by Gasteiger charge is -2.30. The number of methoxy groups -OCH3 is 1. The van der Waals surface area contributed by atoms with Crippen molar-refractivity contribution in [2.24, 2.45) is 5.73 Å². The van der Waals surface area contributed by atoms with Crippen molar-refractivity contribution in [3.05, 3.63) is 0 Å². The van der Waals surface area contributed by atoms with E-state index in [4.69, 9.17) is 15.2 Å². The SMILES string of the molecule is COC(C)(C)CCOCCC(C)(NC(C)C)C(N)=O. The van der Waals surface area contributed by atoms with E-state index in [0.29, 0.717) is 19.6 Å². The van der Waals surface area contributed by atoms with Gasteiger partial charge >= 0.3 is 0 Å². The van der Waals surface area contributed by atoms with Gasteiger partial charge in [-0.05, 0) is 47.5 Å². The average Bonchev–Trinajstić information content (AvgIpc) is 2.27. The molecule has 0 rings (SSSR count). The van der Waals surface area contributed by atoms with Gasteiger partial charge in [-0.1, -0.05) is 0 Å². The minimum absolute atomic E-state index is 0.177. The van der Waals surface area contributed by atoms with Crippen LogP contribution in [0.5, 0.6) is 0 Å². The second kappa shape index (κ2) is 7.82. The summed E-state index contributed by atoms with van der Waals surface area (Å²) in [5, 5.41) is 3.19. The summed E-state index contributed by atoms with van der Waals surface area (Å²) >= 11 is 0. The topological polar surface area (TPSA) is 73.6 Å². The molecule has 1 atom stereocenters. The lowest BCUT2D eigenvalue weighted by molar-refractivity contribution is -0.125. The van der Waals surface area contributed by atoms with Crippen molar-refractivity contribution in [1.82, 2.24) is 5.32 Å². The number of nitrogens with two attached hydrogens (primary N) is 1. The van der Waals surface area contributed by atoms with Gasteiger partial charge in [0.05, 0.1) is 11.1 Å². The Morgan fingerprint density at radius 3 is 2.16 bits per heavy atom. The van der Waals surface area contributed by atoms with Gasteiger partial charge in [0.2, 0.25) is 5.91 Å². The van der Waals surface area contributed by atoms with Crippen molar-refractivity contribution in [3.8, 4) is 0 Å². The van der Waals surface area contributed by atoms with Crippen LogP contribution < -0.4 is 11.1 Å². The van der Waals surface area contributed by atoms with E-state index in [1.54, 1.807) is 7.11 Å². The number of carbonyl (C=O) groups is 1. The van der Waals surface area contributed by atoms with Crippen molar-refractivity contribution >= 4 is 5.91 Å². The van der Waals surface area contributed by atoms with E-state index in [1.165, 1.54) is 0 Å². The molecule has 3 N–H and O–H groups in total. The first kappa shape index (κ1) is 18.4. The first-order valence-corrected chi connectivity index (χ1v) is 6.83. The molecule has 1 unspecified atom stereocenters. The van der Waals surface area contributed by atoms with E-state index in [-0.39, 0.29) is 17.6 Å². The molecule has 0 aliphatic carbocycles. The minimum atomic E-state index is -0.717. The zero-order valence-corrected chi connectivity index (χ0v) is 13.2. The smallest absolute Gasteiger partial charge is 0.237 e. The van der Waals surface area contributed by atoms with Crippen LogP contribution in [0.4, 0.5) is 0 Å². The second-order valence-corrected chi connectivity index (χ2v) is 6.07. The maximum atomic E-state index is 11.5. The summed E-state index contributed by atoms with van der Waals surface area (Å²) in [4.78, 5) is 11.5. The van der Waals surface area contributed by atoms with Crippen LogP contribution in [0.15, 0.2) is 0 Å². The molecule has 0 spiro atoms. The molecule has 1 amide bonds. The monoisotopic (exact) mass is 274 g/mol. The zero-order valence-electron chi connectivity index (χ0n) is 13.2. The molecular weight excluding hydrogens is 244 g/mol. The largest absolute Gasteiger partial charge is 0.381 e. The van der Waals surface area contributed by atoms with Crippen molar-refractivity contribution < 1.29 is 14.3 Å². The van der Waals surface area contributed by atoms with E-state index < -0.39 is 5.54 Å². The van der Waals surface area contributed by atoms with Crippen molar-refractivity contribution in [3.63, 3.8) is 0 Å². The molecule has 5 heteroatoms. The highest BCUT2D eigenvalue weighted by Gasteiger charge is 2.31. The Morgan fingerprint density at radius 2 is 1.74 bits per heavy atom.